The van der Waals surface area contributed by atoms with Crippen LogP contribution in [0, 0.1) is 12.7 Å². The second-order valence-electron chi connectivity index (χ2n) is 4.13. The standard InChI is InChI=1S/C13H10F4N2O/c1-7-4-8(18)6-19-12(7)20-9-2-3-11(14)10(5-9)13(15,16)17/h2-6H,18H2,1H3. The maximum atomic E-state index is 13.1. The lowest BCUT2D eigenvalue weighted by molar-refractivity contribution is -0.140. The van der Waals surface area contributed by atoms with Crippen LogP contribution in [0.4, 0.5) is 23.2 Å². The molecule has 0 saturated heterocycles. The molecule has 0 aliphatic carbocycles. The molecule has 0 aliphatic heterocycles. The average Bonchev–Trinajstić information content (AvgIpc) is 2.33. The zero-order valence-electron chi connectivity index (χ0n) is 10.3. The van der Waals surface area contributed by atoms with Crippen molar-refractivity contribution in [1.29, 1.82) is 0 Å². The van der Waals surface area contributed by atoms with E-state index in [-0.39, 0.29) is 11.6 Å². The number of nitrogen functional groups attached to an aromatic ring is 1. The summed E-state index contributed by atoms with van der Waals surface area (Å²) in [5.74, 6) is -1.40. The SMILES string of the molecule is Cc1cc(N)cnc1Oc1ccc(F)c(C(F)(F)F)c1. The molecule has 7 heteroatoms. The molecular formula is C13H10F4N2O. The normalized spacial score (nSPS) is 11.4. The Balaban J connectivity index is 2.35. The first-order valence-electron chi connectivity index (χ1n) is 5.54. The molecule has 2 rings (SSSR count). The summed E-state index contributed by atoms with van der Waals surface area (Å²) < 4.78 is 56.1. The van der Waals surface area contributed by atoms with Gasteiger partial charge < -0.3 is 10.5 Å². The lowest BCUT2D eigenvalue weighted by Gasteiger charge is -2.11. The van der Waals surface area contributed by atoms with Crippen molar-refractivity contribution in [3.8, 4) is 11.6 Å². The van der Waals surface area contributed by atoms with E-state index in [0.29, 0.717) is 23.4 Å². The molecule has 2 N–H and O–H groups in total. The molecule has 0 atom stereocenters. The van der Waals surface area contributed by atoms with Gasteiger partial charge in [-0.1, -0.05) is 0 Å². The number of alkyl halides is 3. The first-order valence-corrected chi connectivity index (χ1v) is 5.54. The number of halogens is 4. The van der Waals surface area contributed by atoms with Gasteiger partial charge in [-0.05, 0) is 31.2 Å². The van der Waals surface area contributed by atoms with E-state index >= 15 is 0 Å². The Hall–Kier alpha value is -2.31. The molecule has 1 heterocycles. The monoisotopic (exact) mass is 286 g/mol. The Morgan fingerprint density at radius 2 is 1.90 bits per heavy atom. The third kappa shape index (κ3) is 2.98. The summed E-state index contributed by atoms with van der Waals surface area (Å²) in [6, 6.07) is 3.95. The highest BCUT2D eigenvalue weighted by molar-refractivity contribution is 5.43. The number of benzene rings is 1. The van der Waals surface area contributed by atoms with Crippen LogP contribution in [0.2, 0.25) is 0 Å². The van der Waals surface area contributed by atoms with Crippen LogP contribution in [0.5, 0.6) is 11.6 Å². The van der Waals surface area contributed by atoms with Crippen molar-refractivity contribution in [3.05, 3.63) is 47.4 Å². The van der Waals surface area contributed by atoms with Crippen LogP contribution in [0.1, 0.15) is 11.1 Å². The van der Waals surface area contributed by atoms with Gasteiger partial charge in [-0.3, -0.25) is 0 Å². The predicted molar refractivity (Wildman–Crippen MR) is 64.9 cm³/mol. The summed E-state index contributed by atoms with van der Waals surface area (Å²) in [4.78, 5) is 3.87. The quantitative estimate of drug-likeness (QED) is 0.851. The molecule has 0 saturated carbocycles. The van der Waals surface area contributed by atoms with E-state index in [4.69, 9.17) is 10.5 Å². The smallest absolute Gasteiger partial charge is 0.419 e. The third-order valence-corrected chi connectivity index (χ3v) is 2.51. The van der Waals surface area contributed by atoms with Crippen LogP contribution < -0.4 is 10.5 Å². The Labute approximate surface area is 112 Å². The van der Waals surface area contributed by atoms with Crippen LogP contribution in [-0.4, -0.2) is 4.98 Å². The van der Waals surface area contributed by atoms with E-state index in [0.717, 1.165) is 6.07 Å². The van der Waals surface area contributed by atoms with Crippen LogP contribution in [-0.2, 0) is 6.18 Å². The highest BCUT2D eigenvalue weighted by atomic mass is 19.4. The van der Waals surface area contributed by atoms with Gasteiger partial charge in [0.15, 0.2) is 0 Å². The maximum Gasteiger partial charge on any atom is 0.419 e. The minimum absolute atomic E-state index is 0.110. The van der Waals surface area contributed by atoms with Crippen LogP contribution >= 0.6 is 0 Å². The number of aryl methyl sites for hydroxylation is 1. The van der Waals surface area contributed by atoms with Crippen LogP contribution in [0.15, 0.2) is 30.5 Å². The summed E-state index contributed by atoms with van der Waals surface area (Å²) in [6.07, 6.45) is -3.47. The number of hydrogen-bond acceptors (Lipinski definition) is 3. The van der Waals surface area contributed by atoms with Gasteiger partial charge in [0, 0.05) is 5.56 Å². The van der Waals surface area contributed by atoms with E-state index in [2.05, 4.69) is 4.98 Å². The zero-order valence-corrected chi connectivity index (χ0v) is 10.3. The van der Waals surface area contributed by atoms with E-state index in [1.54, 1.807) is 13.0 Å². The Morgan fingerprint density at radius 1 is 1.20 bits per heavy atom. The number of rotatable bonds is 2. The van der Waals surface area contributed by atoms with Crippen LogP contribution in [0.25, 0.3) is 0 Å². The fourth-order valence-electron chi connectivity index (χ4n) is 1.59. The third-order valence-electron chi connectivity index (χ3n) is 2.51. The molecular weight excluding hydrogens is 276 g/mol. The van der Waals surface area contributed by atoms with E-state index in [9.17, 15) is 17.6 Å². The second-order valence-corrected chi connectivity index (χ2v) is 4.13. The number of aromatic nitrogens is 1. The number of pyridine rings is 1. The minimum atomic E-state index is -4.78. The number of nitrogens with two attached hydrogens (primary N) is 1. The summed E-state index contributed by atoms with van der Waals surface area (Å²) >= 11 is 0. The maximum absolute atomic E-state index is 13.1. The summed E-state index contributed by atoms with van der Waals surface area (Å²) in [6.45, 7) is 1.65. The van der Waals surface area contributed by atoms with Gasteiger partial charge in [0.1, 0.15) is 11.6 Å². The molecule has 2 aromatic rings. The van der Waals surface area contributed by atoms with Crippen LogP contribution in [0.3, 0.4) is 0 Å². The minimum Gasteiger partial charge on any atom is -0.439 e. The Bertz CT molecular complexity index is 641. The van der Waals surface area contributed by atoms with Crippen molar-refractivity contribution in [2.75, 3.05) is 5.73 Å². The molecule has 0 spiro atoms. The van der Waals surface area contributed by atoms with Crippen molar-refractivity contribution in [2.45, 2.75) is 13.1 Å². The first kappa shape index (κ1) is 14.1. The lowest BCUT2D eigenvalue weighted by atomic mass is 10.2. The van der Waals surface area contributed by atoms with Gasteiger partial charge in [0.05, 0.1) is 17.4 Å². The van der Waals surface area contributed by atoms with Gasteiger partial charge in [-0.15, -0.1) is 0 Å². The van der Waals surface area contributed by atoms with E-state index in [1.807, 2.05) is 0 Å². The predicted octanol–water partition coefficient (Wildman–Crippen LogP) is 3.92. The summed E-state index contributed by atoms with van der Waals surface area (Å²) in [5.41, 5.74) is 5.09. The van der Waals surface area contributed by atoms with E-state index in [1.165, 1.54) is 6.20 Å². The van der Waals surface area contributed by atoms with Crippen molar-refractivity contribution < 1.29 is 22.3 Å². The molecule has 20 heavy (non-hydrogen) atoms. The molecule has 1 aromatic heterocycles. The fourth-order valence-corrected chi connectivity index (χ4v) is 1.59. The Morgan fingerprint density at radius 3 is 2.50 bits per heavy atom. The highest BCUT2D eigenvalue weighted by Gasteiger charge is 2.34. The highest BCUT2D eigenvalue weighted by Crippen LogP contribution is 2.35. The summed E-state index contributed by atoms with van der Waals surface area (Å²) in [5, 5.41) is 0. The van der Waals surface area contributed by atoms with E-state index < -0.39 is 17.6 Å². The fraction of sp³-hybridized carbons (Fsp3) is 0.154. The molecule has 0 aliphatic rings. The van der Waals surface area contributed by atoms with Gasteiger partial charge >= 0.3 is 6.18 Å². The Kier molecular flexibility index (Phi) is 3.52. The number of anilines is 1. The van der Waals surface area contributed by atoms with Crippen molar-refractivity contribution in [1.82, 2.24) is 4.98 Å². The van der Waals surface area contributed by atoms with Crippen molar-refractivity contribution >= 4 is 5.69 Å². The van der Waals surface area contributed by atoms with Crippen molar-refractivity contribution in [2.24, 2.45) is 0 Å². The van der Waals surface area contributed by atoms with Crippen molar-refractivity contribution in [3.63, 3.8) is 0 Å². The molecule has 3 nitrogen and oxygen atoms in total. The first-order chi connectivity index (χ1) is 9.27. The summed E-state index contributed by atoms with van der Waals surface area (Å²) in [7, 11) is 0. The molecule has 0 unspecified atom stereocenters. The van der Waals surface area contributed by atoms with Gasteiger partial charge in [-0.2, -0.15) is 13.2 Å². The molecule has 1 aromatic carbocycles. The number of hydrogen-bond donors (Lipinski definition) is 1. The number of nitrogens with zero attached hydrogens (tertiary/aromatic N) is 1. The lowest BCUT2D eigenvalue weighted by Crippen LogP contribution is -2.08. The van der Waals surface area contributed by atoms with Gasteiger partial charge in [-0.25, -0.2) is 9.37 Å². The molecule has 0 amide bonds. The van der Waals surface area contributed by atoms with Gasteiger partial charge in [0.2, 0.25) is 5.88 Å². The largest absolute Gasteiger partial charge is 0.439 e. The number of ether oxygens (including phenoxy) is 1. The average molecular weight is 286 g/mol. The zero-order chi connectivity index (χ0) is 14.9. The topological polar surface area (TPSA) is 48.1 Å². The van der Waals surface area contributed by atoms with Gasteiger partial charge in [0.25, 0.3) is 0 Å². The molecule has 0 radical (unpaired) electrons. The molecule has 0 bridgehead atoms. The molecule has 0 fully saturated rings. The molecule has 106 valence electrons. The second kappa shape index (κ2) is 4.99.